The molecule has 3 N–H and O–H groups in total. The van der Waals surface area contributed by atoms with Crippen LogP contribution in [0.1, 0.15) is 26.1 Å². The van der Waals surface area contributed by atoms with Crippen LogP contribution in [0.4, 0.5) is 5.82 Å². The number of thioether (sulfide) groups is 1. The van der Waals surface area contributed by atoms with Crippen LogP contribution in [0.3, 0.4) is 0 Å². The van der Waals surface area contributed by atoms with E-state index in [-0.39, 0.29) is 0 Å². The number of nitrogens with zero attached hydrogens (tertiary/aromatic N) is 2. The van der Waals surface area contributed by atoms with E-state index in [1.165, 1.54) is 0 Å². The van der Waals surface area contributed by atoms with Gasteiger partial charge >= 0.3 is 0 Å². The SMILES string of the molecule is CCC(C)SCc1nc(NN)c2ccsc2n1. The van der Waals surface area contributed by atoms with E-state index < -0.39 is 0 Å². The molecule has 6 heteroatoms. The Bertz CT molecular complexity index is 497. The molecule has 0 saturated heterocycles. The third-order valence-corrected chi connectivity index (χ3v) is 4.71. The van der Waals surface area contributed by atoms with Gasteiger partial charge in [-0.2, -0.15) is 11.8 Å². The average Bonchev–Trinajstić information content (AvgIpc) is 2.82. The number of fused-ring (bicyclic) bond motifs is 1. The summed E-state index contributed by atoms with van der Waals surface area (Å²) in [5, 5.41) is 3.63. The number of aromatic nitrogens is 2. The Morgan fingerprint density at radius 1 is 1.53 bits per heavy atom. The Balaban J connectivity index is 2.22. The molecule has 0 fully saturated rings. The van der Waals surface area contributed by atoms with Crippen molar-refractivity contribution in [3.8, 4) is 0 Å². The number of nitrogens with two attached hydrogens (primary N) is 1. The molecule has 1 unspecified atom stereocenters. The number of rotatable bonds is 5. The van der Waals surface area contributed by atoms with Crippen LogP contribution in [-0.4, -0.2) is 15.2 Å². The molecule has 0 radical (unpaired) electrons. The average molecular weight is 268 g/mol. The maximum absolute atomic E-state index is 5.48. The number of hydrogen-bond acceptors (Lipinski definition) is 6. The largest absolute Gasteiger partial charge is 0.308 e. The minimum atomic E-state index is 0.631. The Morgan fingerprint density at radius 2 is 2.35 bits per heavy atom. The van der Waals surface area contributed by atoms with Crippen LogP contribution in [0.25, 0.3) is 10.2 Å². The minimum Gasteiger partial charge on any atom is -0.308 e. The molecule has 92 valence electrons. The van der Waals surface area contributed by atoms with Gasteiger partial charge in [-0.15, -0.1) is 11.3 Å². The predicted octanol–water partition coefficient (Wildman–Crippen LogP) is 3.01. The van der Waals surface area contributed by atoms with E-state index in [1.54, 1.807) is 11.3 Å². The third-order valence-electron chi connectivity index (χ3n) is 2.58. The molecular formula is C11H16N4S2. The monoisotopic (exact) mass is 268 g/mol. The quantitative estimate of drug-likeness (QED) is 0.644. The molecule has 0 aromatic carbocycles. The molecule has 17 heavy (non-hydrogen) atoms. The summed E-state index contributed by atoms with van der Waals surface area (Å²) in [4.78, 5) is 9.97. The van der Waals surface area contributed by atoms with Crippen LogP contribution in [0.2, 0.25) is 0 Å². The van der Waals surface area contributed by atoms with Crippen molar-refractivity contribution in [3.63, 3.8) is 0 Å². The van der Waals surface area contributed by atoms with Crippen molar-refractivity contribution in [3.05, 3.63) is 17.3 Å². The van der Waals surface area contributed by atoms with Crippen LogP contribution in [-0.2, 0) is 5.75 Å². The zero-order valence-electron chi connectivity index (χ0n) is 9.93. The van der Waals surface area contributed by atoms with E-state index in [9.17, 15) is 0 Å². The van der Waals surface area contributed by atoms with Gasteiger partial charge in [-0.05, 0) is 17.9 Å². The van der Waals surface area contributed by atoms with E-state index in [2.05, 4.69) is 29.2 Å². The first-order valence-corrected chi connectivity index (χ1v) is 7.49. The van der Waals surface area contributed by atoms with Gasteiger partial charge in [0.2, 0.25) is 0 Å². The Hall–Kier alpha value is -0.850. The molecule has 2 aromatic heterocycles. The van der Waals surface area contributed by atoms with Gasteiger partial charge in [0.1, 0.15) is 10.7 Å². The van der Waals surface area contributed by atoms with Crippen molar-refractivity contribution >= 4 is 39.1 Å². The highest BCUT2D eigenvalue weighted by Crippen LogP contribution is 2.26. The van der Waals surface area contributed by atoms with E-state index in [0.29, 0.717) is 5.25 Å². The second kappa shape index (κ2) is 5.66. The van der Waals surface area contributed by atoms with Crippen molar-refractivity contribution in [1.82, 2.24) is 9.97 Å². The zero-order valence-corrected chi connectivity index (χ0v) is 11.6. The standard InChI is InChI=1S/C11H16N4S2/c1-3-7(2)17-6-9-13-10(15-12)8-4-5-16-11(8)14-9/h4-5,7H,3,6,12H2,1-2H3,(H,13,14,15). The van der Waals surface area contributed by atoms with Gasteiger partial charge in [0.25, 0.3) is 0 Å². The fraction of sp³-hybridized carbons (Fsp3) is 0.455. The van der Waals surface area contributed by atoms with E-state index >= 15 is 0 Å². The van der Waals surface area contributed by atoms with Crippen LogP contribution >= 0.6 is 23.1 Å². The third kappa shape index (κ3) is 2.88. The van der Waals surface area contributed by atoms with Crippen LogP contribution < -0.4 is 11.3 Å². The van der Waals surface area contributed by atoms with Crippen LogP contribution in [0.5, 0.6) is 0 Å². The molecule has 2 aromatic rings. The van der Waals surface area contributed by atoms with Gasteiger partial charge in [-0.3, -0.25) is 0 Å². The number of anilines is 1. The molecule has 0 saturated carbocycles. The fourth-order valence-electron chi connectivity index (χ4n) is 1.41. The molecule has 0 amide bonds. The lowest BCUT2D eigenvalue weighted by Crippen LogP contribution is -2.10. The number of nitrogens with one attached hydrogen (secondary N) is 1. The normalized spacial score (nSPS) is 12.9. The molecule has 2 heterocycles. The summed E-state index contributed by atoms with van der Waals surface area (Å²) in [5.41, 5.74) is 2.64. The van der Waals surface area contributed by atoms with Crippen molar-refractivity contribution < 1.29 is 0 Å². The van der Waals surface area contributed by atoms with E-state index in [1.807, 2.05) is 23.2 Å². The molecule has 0 spiro atoms. The van der Waals surface area contributed by atoms with Gasteiger partial charge in [-0.25, -0.2) is 15.8 Å². The topological polar surface area (TPSA) is 63.8 Å². The van der Waals surface area contributed by atoms with Gasteiger partial charge in [0.15, 0.2) is 5.82 Å². The number of hydrazine groups is 1. The first kappa shape index (κ1) is 12.6. The summed E-state index contributed by atoms with van der Waals surface area (Å²) in [6.45, 7) is 4.41. The van der Waals surface area contributed by atoms with E-state index in [0.717, 1.165) is 34.0 Å². The highest BCUT2D eigenvalue weighted by molar-refractivity contribution is 7.99. The smallest absolute Gasteiger partial charge is 0.152 e. The molecule has 0 aliphatic heterocycles. The van der Waals surface area contributed by atoms with Crippen molar-refractivity contribution in [1.29, 1.82) is 0 Å². The molecule has 4 nitrogen and oxygen atoms in total. The summed E-state index contributed by atoms with van der Waals surface area (Å²) >= 11 is 3.49. The molecule has 0 bridgehead atoms. The second-order valence-corrected chi connectivity index (χ2v) is 6.12. The lowest BCUT2D eigenvalue weighted by atomic mass is 10.4. The summed E-state index contributed by atoms with van der Waals surface area (Å²) in [7, 11) is 0. The molecule has 2 rings (SSSR count). The maximum atomic E-state index is 5.48. The summed E-state index contributed by atoms with van der Waals surface area (Å²) in [6.07, 6.45) is 1.16. The highest BCUT2D eigenvalue weighted by Gasteiger charge is 2.09. The van der Waals surface area contributed by atoms with Crippen LogP contribution in [0, 0.1) is 0 Å². The molecular weight excluding hydrogens is 252 g/mol. The zero-order chi connectivity index (χ0) is 12.3. The molecule has 1 atom stereocenters. The second-order valence-electron chi connectivity index (χ2n) is 3.80. The number of hydrogen-bond donors (Lipinski definition) is 2. The summed E-state index contributed by atoms with van der Waals surface area (Å²) in [6, 6.07) is 1.99. The summed E-state index contributed by atoms with van der Waals surface area (Å²) < 4.78 is 0. The van der Waals surface area contributed by atoms with Crippen molar-refractivity contribution in [2.45, 2.75) is 31.3 Å². The summed E-state index contributed by atoms with van der Waals surface area (Å²) in [5.74, 6) is 7.88. The fourth-order valence-corrected chi connectivity index (χ4v) is 2.99. The van der Waals surface area contributed by atoms with Gasteiger partial charge in [0.05, 0.1) is 11.1 Å². The Labute approximate surface area is 109 Å². The number of thiophene rings is 1. The van der Waals surface area contributed by atoms with Crippen molar-refractivity contribution in [2.24, 2.45) is 5.84 Å². The van der Waals surface area contributed by atoms with E-state index in [4.69, 9.17) is 5.84 Å². The lowest BCUT2D eigenvalue weighted by Gasteiger charge is -2.08. The first-order valence-electron chi connectivity index (χ1n) is 5.57. The van der Waals surface area contributed by atoms with Gasteiger partial charge < -0.3 is 5.43 Å². The first-order chi connectivity index (χ1) is 8.24. The highest BCUT2D eigenvalue weighted by atomic mass is 32.2. The minimum absolute atomic E-state index is 0.631. The van der Waals surface area contributed by atoms with Gasteiger partial charge in [0, 0.05) is 5.25 Å². The molecule has 0 aliphatic rings. The Kier molecular flexibility index (Phi) is 4.20. The number of nitrogen functional groups attached to an aromatic ring is 1. The van der Waals surface area contributed by atoms with Gasteiger partial charge in [-0.1, -0.05) is 13.8 Å². The Morgan fingerprint density at radius 3 is 3.06 bits per heavy atom. The predicted molar refractivity (Wildman–Crippen MR) is 76.3 cm³/mol. The van der Waals surface area contributed by atoms with Crippen molar-refractivity contribution in [2.75, 3.05) is 5.43 Å². The lowest BCUT2D eigenvalue weighted by molar-refractivity contribution is 0.902. The van der Waals surface area contributed by atoms with Crippen LogP contribution in [0.15, 0.2) is 11.4 Å². The molecule has 0 aliphatic carbocycles. The maximum Gasteiger partial charge on any atom is 0.152 e.